The van der Waals surface area contributed by atoms with Crippen molar-refractivity contribution in [1.29, 1.82) is 0 Å². The topological polar surface area (TPSA) is 87.7 Å². The summed E-state index contributed by atoms with van der Waals surface area (Å²) in [5.41, 5.74) is 2.49. The molecule has 0 bridgehead atoms. The van der Waals surface area contributed by atoms with Crippen LogP contribution < -0.4 is 5.63 Å². The maximum Gasteiger partial charge on any atom is 0.344 e. The van der Waals surface area contributed by atoms with E-state index in [0.717, 1.165) is 17.5 Å². The lowest BCUT2D eigenvalue weighted by atomic mass is 9.77. The van der Waals surface area contributed by atoms with Crippen molar-refractivity contribution in [3.8, 4) is 5.75 Å². The molecule has 0 saturated heterocycles. The van der Waals surface area contributed by atoms with Gasteiger partial charge in [-0.2, -0.15) is 0 Å². The summed E-state index contributed by atoms with van der Waals surface area (Å²) in [6.45, 7) is 2.03. The van der Waals surface area contributed by atoms with Gasteiger partial charge in [0.05, 0.1) is 22.4 Å². The molecule has 1 unspecified atom stereocenters. The number of hydrogen-bond acceptors (Lipinski definition) is 5. The highest BCUT2D eigenvalue weighted by atomic mass is 16.4. The van der Waals surface area contributed by atoms with E-state index in [1.54, 1.807) is 42.5 Å². The Kier molecular flexibility index (Phi) is 5.09. The number of aliphatic hydroxyl groups excluding tert-OH is 1. The SMILES string of the molecule is CCc1ccc(C(C2=C(O)c3ccccc3CC2=O)c2c(O)c3ccccc3oc2=O)cc1. The summed E-state index contributed by atoms with van der Waals surface area (Å²) in [6, 6.07) is 21.3. The van der Waals surface area contributed by atoms with Crippen LogP contribution in [0.25, 0.3) is 16.7 Å². The van der Waals surface area contributed by atoms with Gasteiger partial charge in [0, 0.05) is 12.0 Å². The molecule has 5 heteroatoms. The molecule has 1 aliphatic carbocycles. The number of carbonyl (C=O) groups is 1. The van der Waals surface area contributed by atoms with Gasteiger partial charge in [0.25, 0.3) is 0 Å². The summed E-state index contributed by atoms with van der Waals surface area (Å²) in [5, 5.41) is 22.8. The monoisotopic (exact) mass is 438 g/mol. The van der Waals surface area contributed by atoms with Crippen LogP contribution in [-0.4, -0.2) is 16.0 Å². The van der Waals surface area contributed by atoms with Gasteiger partial charge in [-0.05, 0) is 35.2 Å². The van der Waals surface area contributed by atoms with E-state index in [4.69, 9.17) is 4.42 Å². The summed E-state index contributed by atoms with van der Waals surface area (Å²) in [5.74, 6) is -1.72. The highest BCUT2D eigenvalue weighted by Gasteiger charge is 2.36. The van der Waals surface area contributed by atoms with Crippen LogP contribution in [0, 0.1) is 0 Å². The van der Waals surface area contributed by atoms with E-state index in [1.165, 1.54) is 0 Å². The standard InChI is InChI=1S/C28H22O5/c1-2-16-11-13-17(14-12-16)23(24-21(29)15-18-7-3-4-8-19(18)26(24)30)25-27(31)20-9-5-6-10-22(20)33-28(25)32/h3-14,23,30-31H,2,15H2,1H3. The van der Waals surface area contributed by atoms with Crippen molar-refractivity contribution in [2.75, 3.05) is 0 Å². The number of carbonyl (C=O) groups excluding carboxylic acids is 1. The highest BCUT2D eigenvalue weighted by molar-refractivity contribution is 6.07. The maximum absolute atomic E-state index is 13.3. The van der Waals surface area contributed by atoms with Crippen LogP contribution in [0.1, 0.15) is 40.7 Å². The molecule has 0 spiro atoms. The van der Waals surface area contributed by atoms with E-state index in [0.29, 0.717) is 16.5 Å². The quantitative estimate of drug-likeness (QED) is 0.423. The molecule has 1 atom stereocenters. The molecular formula is C28H22O5. The fourth-order valence-corrected chi connectivity index (χ4v) is 4.57. The zero-order valence-corrected chi connectivity index (χ0v) is 18.0. The van der Waals surface area contributed by atoms with E-state index >= 15 is 0 Å². The van der Waals surface area contributed by atoms with Crippen molar-refractivity contribution in [2.24, 2.45) is 0 Å². The molecule has 1 aromatic heterocycles. The molecule has 5 nitrogen and oxygen atoms in total. The summed E-state index contributed by atoms with van der Waals surface area (Å²) in [7, 11) is 0. The molecule has 33 heavy (non-hydrogen) atoms. The van der Waals surface area contributed by atoms with Gasteiger partial charge in [0.2, 0.25) is 0 Å². The minimum atomic E-state index is -0.988. The van der Waals surface area contributed by atoms with Crippen LogP contribution in [0.5, 0.6) is 5.75 Å². The van der Waals surface area contributed by atoms with Crippen LogP contribution in [0.3, 0.4) is 0 Å². The van der Waals surface area contributed by atoms with Crippen molar-refractivity contribution in [2.45, 2.75) is 25.7 Å². The number of hydrogen-bond donors (Lipinski definition) is 2. The average Bonchev–Trinajstić information content (AvgIpc) is 2.83. The second-order valence-corrected chi connectivity index (χ2v) is 8.20. The zero-order chi connectivity index (χ0) is 23.1. The molecule has 2 N–H and O–H groups in total. The molecule has 4 aromatic rings. The van der Waals surface area contributed by atoms with Gasteiger partial charge < -0.3 is 14.6 Å². The number of aryl methyl sites for hydroxylation is 1. The Hall–Kier alpha value is -4.12. The van der Waals surface area contributed by atoms with Gasteiger partial charge in [0.15, 0.2) is 5.78 Å². The Balaban J connectivity index is 1.83. The normalized spacial score (nSPS) is 14.4. The fourth-order valence-electron chi connectivity index (χ4n) is 4.57. The predicted molar refractivity (Wildman–Crippen MR) is 127 cm³/mol. The van der Waals surface area contributed by atoms with E-state index < -0.39 is 11.5 Å². The molecular weight excluding hydrogens is 416 g/mol. The van der Waals surface area contributed by atoms with Crippen molar-refractivity contribution in [3.63, 3.8) is 0 Å². The van der Waals surface area contributed by atoms with E-state index in [-0.39, 0.29) is 40.4 Å². The molecule has 5 rings (SSSR count). The Morgan fingerprint density at radius 2 is 1.61 bits per heavy atom. The van der Waals surface area contributed by atoms with Crippen LogP contribution in [0.2, 0.25) is 0 Å². The van der Waals surface area contributed by atoms with Crippen molar-refractivity contribution in [3.05, 3.63) is 117 Å². The minimum Gasteiger partial charge on any atom is -0.507 e. The summed E-state index contributed by atoms with van der Waals surface area (Å²) < 4.78 is 5.52. The summed E-state index contributed by atoms with van der Waals surface area (Å²) in [4.78, 5) is 26.5. The van der Waals surface area contributed by atoms with Gasteiger partial charge in [-0.15, -0.1) is 0 Å². The predicted octanol–water partition coefficient (Wildman–Crippen LogP) is 5.29. The number of para-hydroxylation sites is 1. The lowest BCUT2D eigenvalue weighted by molar-refractivity contribution is -0.115. The third-order valence-electron chi connectivity index (χ3n) is 6.30. The fraction of sp³-hybridized carbons (Fsp3) is 0.143. The van der Waals surface area contributed by atoms with Crippen molar-refractivity contribution in [1.82, 2.24) is 0 Å². The van der Waals surface area contributed by atoms with Crippen LogP contribution >= 0.6 is 0 Å². The van der Waals surface area contributed by atoms with Crippen LogP contribution in [0.4, 0.5) is 0 Å². The molecule has 0 saturated carbocycles. The largest absolute Gasteiger partial charge is 0.507 e. The average molecular weight is 438 g/mol. The number of Topliss-reactive ketones (excluding diaryl/α,β-unsaturated/α-hetero) is 1. The highest BCUT2D eigenvalue weighted by Crippen LogP contribution is 2.43. The first kappa shape index (κ1) is 20.8. The van der Waals surface area contributed by atoms with Crippen molar-refractivity contribution < 1.29 is 19.4 Å². The molecule has 0 fully saturated rings. The van der Waals surface area contributed by atoms with Gasteiger partial charge in [0.1, 0.15) is 17.1 Å². The van der Waals surface area contributed by atoms with E-state index in [2.05, 4.69) is 0 Å². The zero-order valence-electron chi connectivity index (χ0n) is 18.0. The second kappa shape index (κ2) is 8.10. The third kappa shape index (κ3) is 3.42. The van der Waals surface area contributed by atoms with Gasteiger partial charge in [-0.1, -0.05) is 67.6 Å². The van der Waals surface area contributed by atoms with E-state index in [9.17, 15) is 19.8 Å². The molecule has 1 aliphatic rings. The number of aliphatic hydroxyl groups is 1. The number of benzene rings is 3. The lowest BCUT2D eigenvalue weighted by Crippen LogP contribution is -2.25. The summed E-state index contributed by atoms with van der Waals surface area (Å²) >= 11 is 0. The Bertz CT molecular complexity index is 1470. The van der Waals surface area contributed by atoms with Gasteiger partial charge in [-0.3, -0.25) is 4.79 Å². The minimum absolute atomic E-state index is 0.0628. The molecule has 0 amide bonds. The molecule has 0 radical (unpaired) electrons. The number of allylic oxidation sites excluding steroid dienone is 1. The van der Waals surface area contributed by atoms with Crippen molar-refractivity contribution >= 4 is 22.5 Å². The second-order valence-electron chi connectivity index (χ2n) is 8.20. The third-order valence-corrected chi connectivity index (χ3v) is 6.30. The molecule has 1 heterocycles. The smallest absolute Gasteiger partial charge is 0.344 e. The number of rotatable bonds is 4. The lowest BCUT2D eigenvalue weighted by Gasteiger charge is -2.26. The maximum atomic E-state index is 13.3. The van der Waals surface area contributed by atoms with Crippen LogP contribution in [0.15, 0.2) is 87.6 Å². The summed E-state index contributed by atoms with van der Waals surface area (Å²) in [6.07, 6.45) is 0.924. The first-order valence-electron chi connectivity index (χ1n) is 10.9. The Morgan fingerprint density at radius 1 is 0.909 bits per heavy atom. The first-order valence-corrected chi connectivity index (χ1v) is 10.9. The number of aromatic hydroxyl groups is 1. The molecule has 0 aliphatic heterocycles. The van der Waals surface area contributed by atoms with Gasteiger partial charge >= 0.3 is 5.63 Å². The van der Waals surface area contributed by atoms with Gasteiger partial charge in [-0.25, -0.2) is 4.79 Å². The number of ketones is 1. The molecule has 164 valence electrons. The first-order chi connectivity index (χ1) is 16.0. The Morgan fingerprint density at radius 3 is 2.36 bits per heavy atom. The molecule has 3 aromatic carbocycles. The van der Waals surface area contributed by atoms with E-state index in [1.807, 2.05) is 37.3 Å². The number of fused-ring (bicyclic) bond motifs is 2. The Labute approximate surface area is 190 Å². The van der Waals surface area contributed by atoms with Crippen LogP contribution in [-0.2, 0) is 17.6 Å².